The average molecular weight is 226 g/mol. The third-order valence-electron chi connectivity index (χ3n) is 2.39. The van der Waals surface area contributed by atoms with Crippen LogP contribution < -0.4 is 5.32 Å². The number of ether oxygens (including phenoxy) is 1. The van der Waals surface area contributed by atoms with Crippen LogP contribution >= 0.6 is 0 Å². The summed E-state index contributed by atoms with van der Waals surface area (Å²) in [6.07, 6.45) is 4.82. The largest absolute Gasteiger partial charge is 0.378 e. The third kappa shape index (κ3) is 7.67. The molecule has 0 aliphatic rings. The number of nitrogens with zero attached hydrogens (tertiary/aromatic N) is 1. The summed E-state index contributed by atoms with van der Waals surface area (Å²) in [4.78, 5) is 0. The van der Waals surface area contributed by atoms with Gasteiger partial charge in [0.1, 0.15) is 5.54 Å². The summed E-state index contributed by atoms with van der Waals surface area (Å²) in [6, 6.07) is 2.58. The lowest BCUT2D eigenvalue weighted by Crippen LogP contribution is -2.48. The van der Waals surface area contributed by atoms with Crippen molar-refractivity contribution in [3.05, 3.63) is 0 Å². The normalized spacial score (nSPS) is 14.8. The van der Waals surface area contributed by atoms with E-state index in [1.807, 2.05) is 20.8 Å². The van der Waals surface area contributed by atoms with Crippen LogP contribution in [0.5, 0.6) is 0 Å². The molecule has 0 bridgehead atoms. The highest BCUT2D eigenvalue weighted by atomic mass is 16.5. The Morgan fingerprint density at radius 2 is 2.00 bits per heavy atom. The van der Waals surface area contributed by atoms with Gasteiger partial charge < -0.3 is 4.74 Å². The Morgan fingerprint density at radius 1 is 1.31 bits per heavy atom. The topological polar surface area (TPSA) is 45.0 Å². The maximum atomic E-state index is 9.08. The van der Waals surface area contributed by atoms with E-state index in [9.17, 15) is 0 Å². The van der Waals surface area contributed by atoms with Crippen LogP contribution in [0.25, 0.3) is 0 Å². The lowest BCUT2D eigenvalue weighted by atomic mass is 10.1. The minimum Gasteiger partial charge on any atom is -0.378 e. The van der Waals surface area contributed by atoms with Gasteiger partial charge in [0.05, 0.1) is 12.7 Å². The highest BCUT2D eigenvalue weighted by Gasteiger charge is 2.24. The second-order valence-electron chi connectivity index (χ2n) is 4.86. The van der Waals surface area contributed by atoms with Gasteiger partial charge in [0.2, 0.25) is 0 Å². The molecule has 1 N–H and O–H groups in total. The minimum atomic E-state index is -0.557. The second kappa shape index (κ2) is 8.55. The van der Waals surface area contributed by atoms with E-state index in [4.69, 9.17) is 10.00 Å². The Bertz CT molecular complexity index is 210. The van der Waals surface area contributed by atoms with E-state index >= 15 is 0 Å². The van der Waals surface area contributed by atoms with Crippen molar-refractivity contribution in [2.45, 2.75) is 65.0 Å². The molecule has 0 aromatic heterocycles. The summed E-state index contributed by atoms with van der Waals surface area (Å²) < 4.78 is 5.55. The maximum absolute atomic E-state index is 9.08. The van der Waals surface area contributed by atoms with E-state index in [0.29, 0.717) is 12.6 Å². The number of unbranched alkanes of at least 4 members (excludes halogenated alkanes) is 3. The molecule has 0 aliphatic heterocycles. The maximum Gasteiger partial charge on any atom is 0.127 e. The Balaban J connectivity index is 3.67. The number of nitriles is 1. The summed E-state index contributed by atoms with van der Waals surface area (Å²) in [7, 11) is 0. The first kappa shape index (κ1) is 15.4. The SMILES string of the molecule is CCCCCCOCC(C)(C#N)NC(C)C. The van der Waals surface area contributed by atoms with Crippen LogP contribution in [-0.2, 0) is 4.74 Å². The van der Waals surface area contributed by atoms with E-state index in [1.54, 1.807) is 0 Å². The smallest absolute Gasteiger partial charge is 0.127 e. The van der Waals surface area contributed by atoms with Crippen molar-refractivity contribution < 1.29 is 4.74 Å². The van der Waals surface area contributed by atoms with Crippen molar-refractivity contribution in [2.24, 2.45) is 0 Å². The molecule has 16 heavy (non-hydrogen) atoms. The van der Waals surface area contributed by atoms with Gasteiger partial charge in [-0.05, 0) is 27.2 Å². The molecule has 0 aromatic rings. The average Bonchev–Trinajstić information content (AvgIpc) is 2.22. The molecular formula is C13H26N2O. The van der Waals surface area contributed by atoms with Gasteiger partial charge in [-0.3, -0.25) is 5.32 Å². The molecule has 0 spiro atoms. The molecule has 0 aliphatic carbocycles. The van der Waals surface area contributed by atoms with Crippen LogP contribution in [-0.4, -0.2) is 24.8 Å². The standard InChI is InChI=1S/C13H26N2O/c1-5-6-7-8-9-16-11-13(4,10-14)15-12(2)3/h12,15H,5-9,11H2,1-4H3. The van der Waals surface area contributed by atoms with Gasteiger partial charge in [-0.2, -0.15) is 5.26 Å². The molecule has 3 nitrogen and oxygen atoms in total. The summed E-state index contributed by atoms with van der Waals surface area (Å²) in [6.45, 7) is 9.39. The fraction of sp³-hybridized carbons (Fsp3) is 0.923. The first-order valence-corrected chi connectivity index (χ1v) is 6.30. The van der Waals surface area contributed by atoms with Crippen molar-refractivity contribution in [1.29, 1.82) is 5.26 Å². The lowest BCUT2D eigenvalue weighted by Gasteiger charge is -2.25. The zero-order chi connectivity index (χ0) is 12.4. The predicted octanol–water partition coefficient (Wildman–Crippen LogP) is 2.86. The van der Waals surface area contributed by atoms with Crippen LogP contribution in [0.3, 0.4) is 0 Å². The van der Waals surface area contributed by atoms with Crippen LogP contribution in [0.1, 0.15) is 53.4 Å². The first-order chi connectivity index (χ1) is 7.54. The molecule has 1 atom stereocenters. The Labute approximate surface area is 100 Å². The summed E-state index contributed by atoms with van der Waals surface area (Å²) in [5.74, 6) is 0. The number of hydrogen-bond donors (Lipinski definition) is 1. The van der Waals surface area contributed by atoms with E-state index in [0.717, 1.165) is 13.0 Å². The molecule has 0 radical (unpaired) electrons. The van der Waals surface area contributed by atoms with Gasteiger partial charge >= 0.3 is 0 Å². The Hall–Kier alpha value is -0.590. The van der Waals surface area contributed by atoms with E-state index in [2.05, 4.69) is 18.3 Å². The highest BCUT2D eigenvalue weighted by molar-refractivity contribution is 5.04. The molecule has 94 valence electrons. The van der Waals surface area contributed by atoms with Crippen molar-refractivity contribution >= 4 is 0 Å². The van der Waals surface area contributed by atoms with Gasteiger partial charge in [0, 0.05) is 12.6 Å². The monoisotopic (exact) mass is 226 g/mol. The first-order valence-electron chi connectivity index (χ1n) is 6.30. The van der Waals surface area contributed by atoms with Gasteiger partial charge in [0.15, 0.2) is 0 Å². The molecule has 0 saturated heterocycles. The van der Waals surface area contributed by atoms with Gasteiger partial charge in [-0.25, -0.2) is 0 Å². The van der Waals surface area contributed by atoms with E-state index < -0.39 is 5.54 Å². The summed E-state index contributed by atoms with van der Waals surface area (Å²) in [5, 5.41) is 12.3. The predicted molar refractivity (Wildman–Crippen MR) is 67.3 cm³/mol. The zero-order valence-corrected chi connectivity index (χ0v) is 11.2. The van der Waals surface area contributed by atoms with E-state index in [1.165, 1.54) is 19.3 Å². The molecule has 0 heterocycles. The lowest BCUT2D eigenvalue weighted by molar-refractivity contribution is 0.0893. The van der Waals surface area contributed by atoms with Crippen LogP contribution in [0.2, 0.25) is 0 Å². The molecule has 0 rings (SSSR count). The quantitative estimate of drug-likeness (QED) is 0.615. The van der Waals surface area contributed by atoms with Gasteiger partial charge in [-0.15, -0.1) is 0 Å². The number of nitrogens with one attached hydrogen (secondary N) is 1. The molecule has 0 fully saturated rings. The van der Waals surface area contributed by atoms with Gasteiger partial charge in [0.25, 0.3) is 0 Å². The van der Waals surface area contributed by atoms with Crippen molar-refractivity contribution in [1.82, 2.24) is 5.32 Å². The fourth-order valence-corrected chi connectivity index (χ4v) is 1.65. The van der Waals surface area contributed by atoms with E-state index in [-0.39, 0.29) is 0 Å². The Morgan fingerprint density at radius 3 is 2.50 bits per heavy atom. The molecule has 0 aromatic carbocycles. The molecule has 0 amide bonds. The van der Waals surface area contributed by atoms with Crippen molar-refractivity contribution in [3.63, 3.8) is 0 Å². The second-order valence-corrected chi connectivity index (χ2v) is 4.86. The third-order valence-corrected chi connectivity index (χ3v) is 2.39. The Kier molecular flexibility index (Phi) is 8.23. The molecule has 1 unspecified atom stereocenters. The number of hydrogen-bond acceptors (Lipinski definition) is 3. The fourth-order valence-electron chi connectivity index (χ4n) is 1.65. The molecule has 0 saturated carbocycles. The van der Waals surface area contributed by atoms with Crippen LogP contribution in [0.4, 0.5) is 0 Å². The van der Waals surface area contributed by atoms with Crippen LogP contribution in [0, 0.1) is 11.3 Å². The summed E-state index contributed by atoms with van der Waals surface area (Å²) >= 11 is 0. The van der Waals surface area contributed by atoms with Crippen LogP contribution in [0.15, 0.2) is 0 Å². The zero-order valence-electron chi connectivity index (χ0n) is 11.2. The molecule has 3 heteroatoms. The van der Waals surface area contributed by atoms with Gasteiger partial charge in [-0.1, -0.05) is 26.2 Å². The van der Waals surface area contributed by atoms with Crippen molar-refractivity contribution in [2.75, 3.05) is 13.2 Å². The molecular weight excluding hydrogens is 200 g/mol. The number of rotatable bonds is 9. The minimum absolute atomic E-state index is 0.299. The highest BCUT2D eigenvalue weighted by Crippen LogP contribution is 2.06. The van der Waals surface area contributed by atoms with Crippen molar-refractivity contribution in [3.8, 4) is 6.07 Å². The summed E-state index contributed by atoms with van der Waals surface area (Å²) in [5.41, 5.74) is -0.557.